The number of benzene rings is 2. The number of carboxylic acid groups (broad SMARTS) is 1. The number of halogens is 3. The first-order valence-electron chi connectivity index (χ1n) is 10.2. The predicted octanol–water partition coefficient (Wildman–Crippen LogP) is 6.44. The molecule has 0 radical (unpaired) electrons. The fraction of sp³-hybridized carbons (Fsp3) is 0.458. The molecule has 162 valence electrons. The molecule has 2 aromatic carbocycles. The molecule has 2 atom stereocenters. The van der Waals surface area contributed by atoms with Crippen LogP contribution in [0.3, 0.4) is 0 Å². The zero-order chi connectivity index (χ0) is 22.1. The van der Waals surface area contributed by atoms with E-state index in [0.717, 1.165) is 29.8 Å². The fourth-order valence-corrected chi connectivity index (χ4v) is 4.14. The molecule has 0 unspecified atom stereocenters. The molecule has 3 rings (SSSR count). The Labute approximate surface area is 175 Å². The molecule has 0 amide bonds. The molecule has 6 heteroatoms. The van der Waals surface area contributed by atoms with Crippen molar-refractivity contribution in [3.63, 3.8) is 0 Å². The highest BCUT2D eigenvalue weighted by Crippen LogP contribution is 2.40. The van der Waals surface area contributed by atoms with E-state index in [0.29, 0.717) is 13.0 Å². The lowest BCUT2D eigenvalue weighted by Gasteiger charge is -2.41. The minimum atomic E-state index is -4.38. The highest BCUT2D eigenvalue weighted by Gasteiger charge is 2.33. The van der Waals surface area contributed by atoms with Crippen molar-refractivity contribution in [2.75, 3.05) is 11.4 Å². The van der Waals surface area contributed by atoms with Gasteiger partial charge in [-0.2, -0.15) is 13.2 Å². The van der Waals surface area contributed by atoms with Crippen molar-refractivity contribution >= 4 is 11.7 Å². The van der Waals surface area contributed by atoms with E-state index in [2.05, 4.69) is 49.9 Å². The van der Waals surface area contributed by atoms with Crippen molar-refractivity contribution in [3.05, 3.63) is 65.2 Å². The van der Waals surface area contributed by atoms with Crippen LogP contribution in [0.15, 0.2) is 48.5 Å². The summed E-state index contributed by atoms with van der Waals surface area (Å²) in [5.74, 6) is -0.839. The van der Waals surface area contributed by atoms with Gasteiger partial charge in [-0.05, 0) is 59.6 Å². The minimum absolute atomic E-state index is 0.000101. The van der Waals surface area contributed by atoms with Gasteiger partial charge in [0.2, 0.25) is 0 Å². The Morgan fingerprint density at radius 1 is 1.00 bits per heavy atom. The first-order chi connectivity index (χ1) is 13.9. The second-order valence-corrected chi connectivity index (χ2v) is 9.11. The maximum atomic E-state index is 13.0. The molecule has 1 aliphatic rings. The van der Waals surface area contributed by atoms with Gasteiger partial charge < -0.3 is 10.0 Å². The number of carbonyl (C=O) groups is 1. The summed E-state index contributed by atoms with van der Waals surface area (Å²) in [5, 5.41) is 9.20. The topological polar surface area (TPSA) is 40.5 Å². The quantitative estimate of drug-likeness (QED) is 0.620. The first kappa shape index (κ1) is 22.2. The summed E-state index contributed by atoms with van der Waals surface area (Å²) >= 11 is 0. The van der Waals surface area contributed by atoms with Crippen molar-refractivity contribution in [2.24, 2.45) is 5.92 Å². The fourth-order valence-electron chi connectivity index (χ4n) is 4.14. The second-order valence-electron chi connectivity index (χ2n) is 9.11. The number of rotatable bonds is 4. The molecule has 30 heavy (non-hydrogen) atoms. The van der Waals surface area contributed by atoms with Crippen LogP contribution in [0.25, 0.3) is 0 Å². The Balaban J connectivity index is 1.91. The van der Waals surface area contributed by atoms with Gasteiger partial charge in [-0.25, -0.2) is 0 Å². The molecule has 0 spiro atoms. The van der Waals surface area contributed by atoms with Gasteiger partial charge in [-0.1, -0.05) is 45.0 Å². The molecule has 1 heterocycles. The number of hydrogen-bond donors (Lipinski definition) is 1. The lowest BCUT2D eigenvalue weighted by atomic mass is 9.84. The van der Waals surface area contributed by atoms with Crippen LogP contribution in [0.5, 0.6) is 0 Å². The maximum absolute atomic E-state index is 13.0. The molecular weight excluding hydrogens is 391 g/mol. The molecule has 1 N–H and O–H groups in total. The van der Waals surface area contributed by atoms with Gasteiger partial charge in [-0.15, -0.1) is 0 Å². The monoisotopic (exact) mass is 419 g/mol. The predicted molar refractivity (Wildman–Crippen MR) is 112 cm³/mol. The third kappa shape index (κ3) is 5.15. The molecule has 2 aromatic rings. The van der Waals surface area contributed by atoms with E-state index in [1.807, 2.05) is 0 Å². The zero-order valence-corrected chi connectivity index (χ0v) is 17.5. The number of carboxylic acids is 1. The van der Waals surface area contributed by atoms with Crippen LogP contribution in [-0.4, -0.2) is 17.6 Å². The maximum Gasteiger partial charge on any atom is 0.416 e. The van der Waals surface area contributed by atoms with E-state index < -0.39 is 17.7 Å². The zero-order valence-electron chi connectivity index (χ0n) is 17.5. The molecule has 1 fully saturated rings. The highest BCUT2D eigenvalue weighted by atomic mass is 19.4. The van der Waals surface area contributed by atoms with Crippen LogP contribution >= 0.6 is 0 Å². The summed E-state index contributed by atoms with van der Waals surface area (Å²) in [4.78, 5) is 13.4. The Morgan fingerprint density at radius 2 is 1.57 bits per heavy atom. The Hall–Kier alpha value is -2.50. The van der Waals surface area contributed by atoms with E-state index in [1.54, 1.807) is 0 Å². The van der Waals surface area contributed by atoms with Crippen molar-refractivity contribution in [3.8, 4) is 0 Å². The standard InChI is InChI=1S/C24H28F3NO2/c1-23(2,3)18-8-10-20(11-9-18)28-13-12-16(15-22(29)30)14-21(28)17-4-6-19(7-5-17)24(25,26)27/h4-11,16,21H,12-15H2,1-3H3,(H,29,30)/t16-,21+/m0/s1. The number of piperidine rings is 1. The van der Waals surface area contributed by atoms with Crippen LogP contribution in [0, 0.1) is 5.92 Å². The minimum Gasteiger partial charge on any atom is -0.481 e. The van der Waals surface area contributed by atoms with Crippen molar-refractivity contribution in [1.82, 2.24) is 0 Å². The molecule has 3 nitrogen and oxygen atoms in total. The third-order valence-electron chi connectivity index (χ3n) is 5.86. The SMILES string of the molecule is CC(C)(C)c1ccc(N2CC[C@H](CC(=O)O)C[C@@H]2c2ccc(C(F)(F)F)cc2)cc1. The van der Waals surface area contributed by atoms with Gasteiger partial charge in [0.25, 0.3) is 0 Å². The van der Waals surface area contributed by atoms with Gasteiger partial charge in [0.05, 0.1) is 11.6 Å². The van der Waals surface area contributed by atoms with E-state index in [-0.39, 0.29) is 23.8 Å². The largest absolute Gasteiger partial charge is 0.481 e. The summed E-state index contributed by atoms with van der Waals surface area (Å²) in [7, 11) is 0. The van der Waals surface area contributed by atoms with Gasteiger partial charge >= 0.3 is 12.1 Å². The lowest BCUT2D eigenvalue weighted by molar-refractivity contribution is -0.139. The van der Waals surface area contributed by atoms with E-state index in [9.17, 15) is 23.1 Å². The Kier molecular flexibility index (Phi) is 6.16. The van der Waals surface area contributed by atoms with Crippen LogP contribution < -0.4 is 4.90 Å². The van der Waals surface area contributed by atoms with E-state index >= 15 is 0 Å². The second kappa shape index (κ2) is 8.32. The lowest BCUT2D eigenvalue weighted by Crippen LogP contribution is -2.37. The van der Waals surface area contributed by atoms with Gasteiger partial charge in [0, 0.05) is 18.7 Å². The molecule has 1 aliphatic heterocycles. The van der Waals surface area contributed by atoms with E-state index in [4.69, 9.17) is 0 Å². The molecule has 1 saturated heterocycles. The average molecular weight is 419 g/mol. The molecule has 0 saturated carbocycles. The van der Waals surface area contributed by atoms with Crippen LogP contribution in [0.4, 0.5) is 18.9 Å². The smallest absolute Gasteiger partial charge is 0.416 e. The number of hydrogen-bond acceptors (Lipinski definition) is 2. The normalized spacial score (nSPS) is 20.3. The summed E-state index contributed by atoms with van der Waals surface area (Å²) < 4.78 is 38.9. The summed E-state index contributed by atoms with van der Waals surface area (Å²) in [6.07, 6.45) is -2.96. The van der Waals surface area contributed by atoms with Crippen LogP contribution in [0.2, 0.25) is 0 Å². The molecule has 0 aromatic heterocycles. The van der Waals surface area contributed by atoms with Crippen molar-refractivity contribution < 1.29 is 23.1 Å². The number of aliphatic carboxylic acids is 1. The van der Waals surface area contributed by atoms with Crippen molar-refractivity contribution in [2.45, 2.75) is 57.7 Å². The van der Waals surface area contributed by atoms with Crippen molar-refractivity contribution in [1.29, 1.82) is 0 Å². The van der Waals surface area contributed by atoms with Gasteiger partial charge in [-0.3, -0.25) is 4.79 Å². The van der Waals surface area contributed by atoms with Crippen LogP contribution in [0.1, 0.15) is 62.8 Å². The summed E-state index contributed by atoms with van der Waals surface area (Å²) in [6, 6.07) is 13.4. The number of anilines is 1. The highest BCUT2D eigenvalue weighted by molar-refractivity contribution is 5.67. The third-order valence-corrected chi connectivity index (χ3v) is 5.86. The van der Waals surface area contributed by atoms with Gasteiger partial charge in [0.1, 0.15) is 0 Å². The van der Waals surface area contributed by atoms with E-state index in [1.165, 1.54) is 17.7 Å². The summed E-state index contributed by atoms with van der Waals surface area (Å²) in [5.41, 5.74) is 2.34. The number of alkyl halides is 3. The first-order valence-corrected chi connectivity index (χ1v) is 10.2. The average Bonchev–Trinajstić information content (AvgIpc) is 2.66. The number of nitrogens with zero attached hydrogens (tertiary/aromatic N) is 1. The Morgan fingerprint density at radius 3 is 2.07 bits per heavy atom. The Bertz CT molecular complexity index is 867. The van der Waals surface area contributed by atoms with Gasteiger partial charge in [0.15, 0.2) is 0 Å². The molecule has 0 aliphatic carbocycles. The summed E-state index contributed by atoms with van der Waals surface area (Å²) in [6.45, 7) is 7.09. The molecule has 0 bridgehead atoms. The molecular formula is C24H28F3NO2. The van der Waals surface area contributed by atoms with Crippen LogP contribution in [-0.2, 0) is 16.4 Å².